The summed E-state index contributed by atoms with van der Waals surface area (Å²) in [5, 5.41) is 11.2. The molecule has 1 aliphatic heterocycles. The fourth-order valence-corrected chi connectivity index (χ4v) is 3.70. The number of aryl methyl sites for hydroxylation is 1. The lowest BCUT2D eigenvalue weighted by molar-refractivity contribution is -0.00545. The highest BCUT2D eigenvalue weighted by Gasteiger charge is 2.24. The zero-order valence-electron chi connectivity index (χ0n) is 17.5. The summed E-state index contributed by atoms with van der Waals surface area (Å²) >= 11 is 0. The lowest BCUT2D eigenvalue weighted by Gasteiger charge is -2.36. The maximum absolute atomic E-state index is 14.5. The van der Waals surface area contributed by atoms with E-state index >= 15 is 0 Å². The molecule has 2 aromatic heterocycles. The van der Waals surface area contributed by atoms with E-state index in [1.165, 1.54) is 11.6 Å². The Morgan fingerprint density at radius 3 is 2.50 bits per heavy atom. The summed E-state index contributed by atoms with van der Waals surface area (Å²) in [5.74, 6) is 0.846. The first kappa shape index (κ1) is 20.2. The largest absolute Gasteiger partial charge is 0.372 e. The zero-order chi connectivity index (χ0) is 21.1. The second-order valence-electron chi connectivity index (χ2n) is 7.67. The van der Waals surface area contributed by atoms with Gasteiger partial charge in [-0.3, -0.25) is 0 Å². The van der Waals surface area contributed by atoms with Crippen LogP contribution in [0.25, 0.3) is 11.1 Å². The minimum Gasteiger partial charge on any atom is -0.372 e. The number of nitrogens with zero attached hydrogens (tertiary/aromatic N) is 4. The van der Waals surface area contributed by atoms with Crippen LogP contribution in [-0.4, -0.2) is 40.5 Å². The number of aromatic nitrogens is 3. The van der Waals surface area contributed by atoms with Crippen molar-refractivity contribution in [1.82, 2.24) is 15.2 Å². The van der Waals surface area contributed by atoms with Gasteiger partial charge in [0, 0.05) is 18.7 Å². The van der Waals surface area contributed by atoms with Gasteiger partial charge in [0.1, 0.15) is 5.82 Å². The summed E-state index contributed by atoms with van der Waals surface area (Å²) in [7, 11) is 0. The van der Waals surface area contributed by atoms with Gasteiger partial charge in [0.25, 0.3) is 0 Å². The SMILES string of the molecule is CCc1ccc(-c2cnnc(Nc3nc(N4C[C@@H](C)O[C@@H](C)C4)ccc3F)c2)cc1. The number of nitrogens with one attached hydrogen (secondary N) is 1. The van der Waals surface area contributed by atoms with Crippen molar-refractivity contribution in [2.75, 3.05) is 23.3 Å². The van der Waals surface area contributed by atoms with E-state index in [0.717, 1.165) is 17.5 Å². The van der Waals surface area contributed by atoms with Crippen LogP contribution in [0.5, 0.6) is 0 Å². The molecular weight excluding hydrogens is 381 g/mol. The molecule has 7 heteroatoms. The minimum absolute atomic E-state index is 0.0960. The van der Waals surface area contributed by atoms with Gasteiger partial charge in [-0.2, -0.15) is 5.10 Å². The van der Waals surface area contributed by atoms with Crippen molar-refractivity contribution < 1.29 is 9.13 Å². The van der Waals surface area contributed by atoms with Crippen molar-refractivity contribution in [2.24, 2.45) is 0 Å². The molecule has 1 fully saturated rings. The molecule has 0 amide bonds. The predicted molar refractivity (Wildman–Crippen MR) is 117 cm³/mol. The Kier molecular flexibility index (Phi) is 5.90. The van der Waals surface area contributed by atoms with E-state index in [2.05, 4.69) is 56.6 Å². The van der Waals surface area contributed by atoms with Crippen LogP contribution >= 0.6 is 0 Å². The first-order valence-electron chi connectivity index (χ1n) is 10.3. The Labute approximate surface area is 176 Å². The lowest BCUT2D eigenvalue weighted by atomic mass is 10.1. The molecule has 3 heterocycles. The molecular formula is C23H26FN5O. The van der Waals surface area contributed by atoms with E-state index < -0.39 is 5.82 Å². The summed E-state index contributed by atoms with van der Waals surface area (Å²) in [4.78, 5) is 6.61. The van der Waals surface area contributed by atoms with Gasteiger partial charge in [-0.15, -0.1) is 5.10 Å². The van der Waals surface area contributed by atoms with Crippen LogP contribution < -0.4 is 10.2 Å². The number of anilines is 3. The van der Waals surface area contributed by atoms with Crippen molar-refractivity contribution >= 4 is 17.5 Å². The number of ether oxygens (including phenoxy) is 1. The molecule has 2 atom stereocenters. The molecule has 0 saturated carbocycles. The third-order valence-corrected chi connectivity index (χ3v) is 5.17. The molecule has 30 heavy (non-hydrogen) atoms. The second-order valence-corrected chi connectivity index (χ2v) is 7.67. The predicted octanol–water partition coefficient (Wildman–Crippen LogP) is 4.60. The van der Waals surface area contributed by atoms with Gasteiger partial charge >= 0.3 is 0 Å². The fraction of sp³-hybridized carbons (Fsp3) is 0.348. The average molecular weight is 407 g/mol. The molecule has 156 valence electrons. The highest BCUT2D eigenvalue weighted by Crippen LogP contribution is 2.26. The normalized spacial score (nSPS) is 19.0. The van der Waals surface area contributed by atoms with Crippen LogP contribution in [0, 0.1) is 5.82 Å². The van der Waals surface area contributed by atoms with Gasteiger partial charge in [-0.1, -0.05) is 31.2 Å². The first-order chi connectivity index (χ1) is 14.5. The summed E-state index contributed by atoms with van der Waals surface area (Å²) in [5.41, 5.74) is 3.21. The third kappa shape index (κ3) is 4.57. The summed E-state index contributed by atoms with van der Waals surface area (Å²) in [6.07, 6.45) is 2.88. The molecule has 3 aromatic rings. The highest BCUT2D eigenvalue weighted by molar-refractivity contribution is 5.67. The fourth-order valence-electron chi connectivity index (χ4n) is 3.70. The van der Waals surface area contributed by atoms with E-state index in [9.17, 15) is 4.39 Å². The van der Waals surface area contributed by atoms with Crippen molar-refractivity contribution in [2.45, 2.75) is 39.4 Å². The standard InChI is InChI=1S/C23H26FN5O/c1-4-17-5-7-18(8-6-17)19-11-21(28-25-12-19)26-23-20(24)9-10-22(27-23)29-13-15(2)30-16(3)14-29/h5-12,15-16H,4,13-14H2,1-3H3,(H,26,27,28)/t15-,16+. The Morgan fingerprint density at radius 2 is 1.80 bits per heavy atom. The minimum atomic E-state index is -0.437. The van der Waals surface area contributed by atoms with Gasteiger partial charge in [-0.25, -0.2) is 9.37 Å². The third-order valence-electron chi connectivity index (χ3n) is 5.17. The molecule has 0 unspecified atom stereocenters. The van der Waals surface area contributed by atoms with Crippen molar-refractivity contribution in [3.8, 4) is 11.1 Å². The van der Waals surface area contributed by atoms with Crippen LogP contribution in [0.15, 0.2) is 48.7 Å². The Hall–Kier alpha value is -3.06. The van der Waals surface area contributed by atoms with E-state index in [0.29, 0.717) is 24.7 Å². The Morgan fingerprint density at radius 1 is 1.07 bits per heavy atom. The molecule has 6 nitrogen and oxygen atoms in total. The van der Waals surface area contributed by atoms with Gasteiger partial charge < -0.3 is 15.0 Å². The Bertz CT molecular complexity index is 1000. The van der Waals surface area contributed by atoms with E-state index in [-0.39, 0.29) is 18.0 Å². The quantitative estimate of drug-likeness (QED) is 0.667. The number of halogens is 1. The first-order valence-corrected chi connectivity index (χ1v) is 10.3. The van der Waals surface area contributed by atoms with Gasteiger partial charge in [0.05, 0.1) is 18.4 Å². The maximum atomic E-state index is 14.5. The summed E-state index contributed by atoms with van der Waals surface area (Å²) < 4.78 is 20.2. The average Bonchev–Trinajstić information content (AvgIpc) is 2.75. The van der Waals surface area contributed by atoms with E-state index in [4.69, 9.17) is 4.74 Å². The Balaban J connectivity index is 1.56. The summed E-state index contributed by atoms with van der Waals surface area (Å²) in [6.45, 7) is 7.61. The maximum Gasteiger partial charge on any atom is 0.170 e. The van der Waals surface area contributed by atoms with Crippen molar-refractivity contribution in [3.05, 3.63) is 60.0 Å². The number of rotatable bonds is 5. The molecule has 1 aromatic carbocycles. The van der Waals surface area contributed by atoms with Crippen LogP contribution in [0.1, 0.15) is 26.3 Å². The van der Waals surface area contributed by atoms with Crippen molar-refractivity contribution in [3.63, 3.8) is 0 Å². The highest BCUT2D eigenvalue weighted by atomic mass is 19.1. The van der Waals surface area contributed by atoms with Crippen LogP contribution in [0.2, 0.25) is 0 Å². The zero-order valence-corrected chi connectivity index (χ0v) is 17.5. The van der Waals surface area contributed by atoms with E-state index in [1.54, 1.807) is 12.3 Å². The lowest BCUT2D eigenvalue weighted by Crippen LogP contribution is -2.45. The molecule has 0 bridgehead atoms. The monoisotopic (exact) mass is 407 g/mol. The van der Waals surface area contributed by atoms with Gasteiger partial charge in [0.15, 0.2) is 17.5 Å². The molecule has 0 radical (unpaired) electrons. The van der Waals surface area contributed by atoms with Crippen molar-refractivity contribution in [1.29, 1.82) is 0 Å². The van der Waals surface area contributed by atoms with Crippen LogP contribution in [0.3, 0.4) is 0 Å². The van der Waals surface area contributed by atoms with Crippen LogP contribution in [0.4, 0.5) is 21.8 Å². The van der Waals surface area contributed by atoms with Gasteiger partial charge in [-0.05, 0) is 49.6 Å². The summed E-state index contributed by atoms with van der Waals surface area (Å²) in [6, 6.07) is 13.3. The molecule has 1 aliphatic rings. The van der Waals surface area contributed by atoms with Crippen LogP contribution in [-0.2, 0) is 11.2 Å². The van der Waals surface area contributed by atoms with Gasteiger partial charge in [0.2, 0.25) is 0 Å². The molecule has 4 rings (SSSR count). The number of hydrogen-bond donors (Lipinski definition) is 1. The number of pyridine rings is 1. The second kappa shape index (κ2) is 8.75. The topological polar surface area (TPSA) is 63.2 Å². The molecule has 0 spiro atoms. The molecule has 1 saturated heterocycles. The number of hydrogen-bond acceptors (Lipinski definition) is 6. The number of benzene rings is 1. The van der Waals surface area contributed by atoms with E-state index in [1.807, 2.05) is 19.9 Å². The number of morpholine rings is 1. The molecule has 1 N–H and O–H groups in total. The smallest absolute Gasteiger partial charge is 0.170 e. The molecule has 0 aliphatic carbocycles.